The van der Waals surface area contributed by atoms with Crippen LogP contribution >= 0.6 is 0 Å². The minimum absolute atomic E-state index is 0. The first kappa shape index (κ1) is 23.5. The fourth-order valence-corrected chi connectivity index (χ4v) is 3.25. The summed E-state index contributed by atoms with van der Waals surface area (Å²) < 4.78 is 0. The molecule has 0 aliphatic heterocycles. The Morgan fingerprint density at radius 1 is 0.714 bits per heavy atom. The third-order valence-corrected chi connectivity index (χ3v) is 4.66. The molecule has 0 saturated carbocycles. The predicted molar refractivity (Wildman–Crippen MR) is 77.8 cm³/mol. The van der Waals surface area contributed by atoms with Crippen LogP contribution in [0.25, 0.3) is 0 Å². The van der Waals surface area contributed by atoms with Crippen LogP contribution in [-0.2, 0) is 21.7 Å². The molecule has 0 nitrogen and oxygen atoms in total. The van der Waals surface area contributed by atoms with E-state index in [1.165, 1.54) is 35.1 Å². The van der Waals surface area contributed by atoms with E-state index in [2.05, 4.69) is 53.7 Å². The Labute approximate surface area is 157 Å². The van der Waals surface area contributed by atoms with Crippen LogP contribution in [0, 0.1) is 24.0 Å². The average Bonchev–Trinajstić information content (AvgIpc) is 2.67. The molecule has 0 heterocycles. The summed E-state index contributed by atoms with van der Waals surface area (Å²) in [7, 11) is 0. The van der Waals surface area contributed by atoms with Crippen LogP contribution in [0.1, 0.15) is 54.4 Å². The Bertz CT molecular complexity index is 449. The molecule has 3 heteroatoms. The minimum Gasteiger partial charge on any atom is -1.00 e. The molecule has 0 fully saturated rings. The van der Waals surface area contributed by atoms with Gasteiger partial charge in [-0.25, -0.2) is 11.1 Å². The van der Waals surface area contributed by atoms with Crippen LogP contribution in [0.2, 0.25) is 0 Å². The average molecular weight is 359 g/mol. The van der Waals surface area contributed by atoms with Gasteiger partial charge in [0.05, 0.1) is 0 Å². The first-order valence-corrected chi connectivity index (χ1v) is 7.02. The summed E-state index contributed by atoms with van der Waals surface area (Å²) in [4.78, 5) is 0. The van der Waals surface area contributed by atoms with Crippen molar-refractivity contribution < 1.29 is 46.5 Å². The number of rotatable bonds is 3. The van der Waals surface area contributed by atoms with E-state index in [0.29, 0.717) is 11.8 Å². The summed E-state index contributed by atoms with van der Waals surface area (Å²) in [5, 5.41) is 0. The summed E-state index contributed by atoms with van der Waals surface area (Å²) in [5.74, 6) is 1.03. The number of halogens is 2. The van der Waals surface area contributed by atoms with Gasteiger partial charge in [0.15, 0.2) is 0 Å². The van der Waals surface area contributed by atoms with E-state index in [1.54, 1.807) is 11.1 Å². The largest absolute Gasteiger partial charge is 4.00 e. The van der Waals surface area contributed by atoms with Crippen LogP contribution in [0.4, 0.5) is 0 Å². The van der Waals surface area contributed by atoms with E-state index < -0.39 is 0 Å². The fourth-order valence-electron chi connectivity index (χ4n) is 3.25. The van der Waals surface area contributed by atoms with Gasteiger partial charge in [-0.05, 0) is 12.8 Å². The SMILES string of the molecule is CC1=[C-]C(C)C(CCC2=C(C)C(C)=[C-]C2C)=C1C.[Cl-].[Cl-].[Ti+4]. The zero-order valence-corrected chi connectivity index (χ0v) is 16.9. The Balaban J connectivity index is 0. The summed E-state index contributed by atoms with van der Waals surface area (Å²) in [6, 6.07) is 0. The van der Waals surface area contributed by atoms with E-state index in [-0.39, 0.29) is 46.5 Å². The number of hydrogen-bond acceptors (Lipinski definition) is 0. The van der Waals surface area contributed by atoms with Gasteiger partial charge in [-0.3, -0.25) is 12.2 Å². The van der Waals surface area contributed by atoms with Gasteiger partial charge in [0.1, 0.15) is 0 Å². The molecule has 21 heavy (non-hydrogen) atoms. The maximum Gasteiger partial charge on any atom is 4.00 e. The van der Waals surface area contributed by atoms with Crippen molar-refractivity contribution in [1.82, 2.24) is 0 Å². The van der Waals surface area contributed by atoms with Crippen molar-refractivity contribution in [2.24, 2.45) is 11.8 Å². The van der Waals surface area contributed by atoms with Crippen LogP contribution in [0.15, 0.2) is 33.4 Å². The van der Waals surface area contributed by atoms with Crippen LogP contribution < -0.4 is 24.8 Å². The van der Waals surface area contributed by atoms with Crippen molar-refractivity contribution in [3.8, 4) is 0 Å². The summed E-state index contributed by atoms with van der Waals surface area (Å²) in [6.07, 6.45) is 9.43. The van der Waals surface area contributed by atoms with Crippen molar-refractivity contribution in [3.05, 3.63) is 45.6 Å². The topological polar surface area (TPSA) is 0 Å². The minimum atomic E-state index is 0. The molecule has 0 aromatic rings. The van der Waals surface area contributed by atoms with E-state index in [1.807, 2.05) is 0 Å². The summed E-state index contributed by atoms with van der Waals surface area (Å²) >= 11 is 0. The maximum absolute atomic E-state index is 3.53. The van der Waals surface area contributed by atoms with Gasteiger partial charge in [0.2, 0.25) is 0 Å². The first-order chi connectivity index (χ1) is 8.41. The number of hydrogen-bond donors (Lipinski definition) is 0. The Hall–Kier alpha value is 0.254. The molecule has 0 aromatic heterocycles. The molecule has 0 saturated heterocycles. The van der Waals surface area contributed by atoms with Crippen molar-refractivity contribution in [3.63, 3.8) is 0 Å². The smallest absolute Gasteiger partial charge is 1.00 e. The second-order valence-electron chi connectivity index (χ2n) is 5.78. The second kappa shape index (κ2) is 9.41. The Morgan fingerprint density at radius 3 is 1.19 bits per heavy atom. The molecule has 2 rings (SSSR count). The first-order valence-electron chi connectivity index (χ1n) is 7.02. The molecular weight excluding hydrogens is 335 g/mol. The molecule has 2 atom stereocenters. The maximum atomic E-state index is 3.53. The van der Waals surface area contributed by atoms with Gasteiger partial charge in [0, 0.05) is 0 Å². The van der Waals surface area contributed by atoms with Crippen molar-refractivity contribution in [1.29, 1.82) is 0 Å². The molecule has 2 unspecified atom stereocenters. The van der Waals surface area contributed by atoms with Crippen LogP contribution in [0.3, 0.4) is 0 Å². The normalized spacial score (nSPS) is 24.1. The molecule has 0 aromatic carbocycles. The molecule has 0 bridgehead atoms. The zero-order valence-electron chi connectivity index (χ0n) is 13.8. The molecule has 2 aliphatic carbocycles. The molecule has 114 valence electrons. The van der Waals surface area contributed by atoms with E-state index in [4.69, 9.17) is 0 Å². The van der Waals surface area contributed by atoms with Crippen molar-refractivity contribution in [2.45, 2.75) is 54.4 Å². The van der Waals surface area contributed by atoms with Gasteiger partial charge in [-0.1, -0.05) is 39.5 Å². The molecule has 0 amide bonds. The van der Waals surface area contributed by atoms with Gasteiger partial charge < -0.3 is 24.8 Å². The second-order valence-corrected chi connectivity index (χ2v) is 5.78. The fraction of sp³-hybridized carbons (Fsp3) is 0.556. The van der Waals surface area contributed by atoms with Crippen LogP contribution in [-0.4, -0.2) is 0 Å². The molecule has 0 radical (unpaired) electrons. The molecule has 0 N–H and O–H groups in total. The van der Waals surface area contributed by atoms with Gasteiger partial charge in [-0.15, -0.1) is 13.8 Å². The number of allylic oxidation sites excluding steroid dienone is 8. The zero-order chi connectivity index (χ0) is 13.4. The van der Waals surface area contributed by atoms with Gasteiger partial charge in [-0.2, -0.15) is 22.3 Å². The Morgan fingerprint density at radius 2 is 1.00 bits per heavy atom. The van der Waals surface area contributed by atoms with Crippen molar-refractivity contribution in [2.75, 3.05) is 0 Å². The van der Waals surface area contributed by atoms with E-state index in [0.717, 1.165) is 0 Å². The third-order valence-electron chi connectivity index (χ3n) is 4.66. The molecule has 2 aliphatic rings. The monoisotopic (exact) mass is 358 g/mol. The Kier molecular flexibility index (Phi) is 10.5. The van der Waals surface area contributed by atoms with Crippen molar-refractivity contribution >= 4 is 0 Å². The van der Waals surface area contributed by atoms with E-state index >= 15 is 0 Å². The summed E-state index contributed by atoms with van der Waals surface area (Å²) in [5.41, 5.74) is 8.82. The standard InChI is InChI=1S/C18H24.2ClH.Ti/c1-11-9-13(3)17(15(11)5)7-8-18-14(4)10-12(2)16(18)6;;;/h13-14H,7-8H2,1-6H3;2*1H;/q-2;;;+4/p-2. The molecule has 0 spiro atoms. The predicted octanol–water partition coefficient (Wildman–Crippen LogP) is -0.797. The molecular formula is C18H24Cl2Ti. The third kappa shape index (κ3) is 4.86. The van der Waals surface area contributed by atoms with Crippen LogP contribution in [0.5, 0.6) is 0 Å². The van der Waals surface area contributed by atoms with E-state index in [9.17, 15) is 0 Å². The summed E-state index contributed by atoms with van der Waals surface area (Å²) in [6.45, 7) is 13.4. The quantitative estimate of drug-likeness (QED) is 0.458. The van der Waals surface area contributed by atoms with Gasteiger partial charge >= 0.3 is 21.7 Å². The van der Waals surface area contributed by atoms with Gasteiger partial charge in [0.25, 0.3) is 0 Å².